The number of aromatic nitrogens is 3. The Morgan fingerprint density at radius 1 is 0.974 bits per heavy atom. The van der Waals surface area contributed by atoms with Crippen molar-refractivity contribution in [3.05, 3.63) is 84.9 Å². The molecular formula is C27H21F3N4O4. The maximum absolute atomic E-state index is 12.5. The molecule has 38 heavy (non-hydrogen) atoms. The lowest BCUT2D eigenvalue weighted by atomic mass is 10.1. The average Bonchev–Trinajstić information content (AvgIpc) is 3.32. The molecule has 0 aliphatic rings. The summed E-state index contributed by atoms with van der Waals surface area (Å²) in [5.41, 5.74) is 3.22. The number of fused-ring (bicyclic) bond motifs is 3. The maximum atomic E-state index is 12.5. The first kappa shape index (κ1) is 24.9. The Morgan fingerprint density at radius 2 is 1.74 bits per heavy atom. The van der Waals surface area contributed by atoms with Crippen molar-refractivity contribution in [2.75, 3.05) is 12.4 Å². The molecule has 11 heteroatoms. The second-order valence-corrected chi connectivity index (χ2v) is 8.32. The van der Waals surface area contributed by atoms with E-state index in [-0.39, 0.29) is 5.75 Å². The summed E-state index contributed by atoms with van der Waals surface area (Å²) in [6.45, 7) is 1.72. The highest BCUT2D eigenvalue weighted by Gasteiger charge is 2.31. The average molecular weight is 522 g/mol. The number of methoxy groups -OCH3 is 1. The van der Waals surface area contributed by atoms with Crippen molar-refractivity contribution >= 4 is 33.6 Å². The number of anilines is 1. The summed E-state index contributed by atoms with van der Waals surface area (Å²) in [6.07, 6.45) is -2.80. The molecule has 194 valence electrons. The van der Waals surface area contributed by atoms with E-state index in [1.54, 1.807) is 55.4 Å². The van der Waals surface area contributed by atoms with Crippen LogP contribution in [0.1, 0.15) is 18.7 Å². The van der Waals surface area contributed by atoms with Crippen LogP contribution in [0.4, 0.5) is 23.7 Å². The second-order valence-electron chi connectivity index (χ2n) is 8.32. The third-order valence-corrected chi connectivity index (χ3v) is 5.82. The van der Waals surface area contributed by atoms with E-state index in [4.69, 9.17) is 9.47 Å². The fourth-order valence-electron chi connectivity index (χ4n) is 4.02. The first-order valence-electron chi connectivity index (χ1n) is 11.4. The van der Waals surface area contributed by atoms with Gasteiger partial charge >= 0.3 is 12.5 Å². The lowest BCUT2D eigenvalue weighted by molar-refractivity contribution is -0.274. The van der Waals surface area contributed by atoms with Crippen molar-refractivity contribution in [2.45, 2.75) is 19.4 Å². The van der Waals surface area contributed by atoms with E-state index in [0.717, 1.165) is 16.3 Å². The largest absolute Gasteiger partial charge is 0.573 e. The zero-order valence-electron chi connectivity index (χ0n) is 20.2. The Balaban J connectivity index is 1.32. The number of carbonyl (C=O) groups is 1. The molecule has 2 heterocycles. The van der Waals surface area contributed by atoms with Crippen LogP contribution in [0.5, 0.6) is 11.5 Å². The van der Waals surface area contributed by atoms with E-state index in [1.165, 1.54) is 24.3 Å². The molecule has 1 unspecified atom stereocenters. The van der Waals surface area contributed by atoms with Gasteiger partial charge in [-0.1, -0.05) is 12.1 Å². The summed E-state index contributed by atoms with van der Waals surface area (Å²) in [4.78, 5) is 21.2. The number of imidazole rings is 1. The Kier molecular flexibility index (Phi) is 6.50. The minimum atomic E-state index is -4.75. The van der Waals surface area contributed by atoms with Crippen LogP contribution in [0.15, 0.2) is 79.3 Å². The molecule has 5 rings (SSSR count). The molecule has 0 aliphatic heterocycles. The fraction of sp³-hybridized carbons (Fsp3) is 0.148. The standard InChI is InChI=1S/C27H21F3N4O4/c1-16(23-11-9-21(36-2)14-31-23)37-26(35)33-18-4-10-22-17(13-18)3-12-24-25(22)32-15-34(24)19-5-7-20(8-6-19)38-27(28,29)30/h3-16H,1-2H3,(H,33,35). The molecule has 8 nitrogen and oxygen atoms in total. The molecule has 0 fully saturated rings. The number of benzene rings is 3. The van der Waals surface area contributed by atoms with Gasteiger partial charge in [0.25, 0.3) is 0 Å². The van der Waals surface area contributed by atoms with Gasteiger partial charge in [0.2, 0.25) is 0 Å². The zero-order valence-corrected chi connectivity index (χ0v) is 20.2. The van der Waals surface area contributed by atoms with E-state index in [2.05, 4.69) is 20.0 Å². The lowest BCUT2D eigenvalue weighted by Crippen LogP contribution is -2.17. The maximum Gasteiger partial charge on any atom is 0.573 e. The van der Waals surface area contributed by atoms with Gasteiger partial charge in [-0.05, 0) is 66.9 Å². The smallest absolute Gasteiger partial charge is 0.495 e. The van der Waals surface area contributed by atoms with Crippen LogP contribution in [0.3, 0.4) is 0 Å². The molecule has 1 amide bonds. The third kappa shape index (κ3) is 5.31. The van der Waals surface area contributed by atoms with Crippen LogP contribution < -0.4 is 14.8 Å². The number of ether oxygens (including phenoxy) is 3. The monoisotopic (exact) mass is 522 g/mol. The topological polar surface area (TPSA) is 87.5 Å². The van der Waals surface area contributed by atoms with Crippen LogP contribution in [-0.4, -0.2) is 34.1 Å². The van der Waals surface area contributed by atoms with Gasteiger partial charge in [-0.2, -0.15) is 0 Å². The molecular weight excluding hydrogens is 501 g/mol. The number of halogens is 3. The van der Waals surface area contributed by atoms with Crippen LogP contribution in [0, 0.1) is 0 Å². The van der Waals surface area contributed by atoms with Crippen LogP contribution in [0.25, 0.3) is 27.5 Å². The van der Waals surface area contributed by atoms with Gasteiger partial charge in [0.1, 0.15) is 23.9 Å². The molecule has 0 spiro atoms. The third-order valence-electron chi connectivity index (χ3n) is 5.82. The van der Waals surface area contributed by atoms with E-state index in [9.17, 15) is 18.0 Å². The predicted octanol–water partition coefficient (Wildman–Crippen LogP) is 6.79. The lowest BCUT2D eigenvalue weighted by Gasteiger charge is -2.14. The van der Waals surface area contributed by atoms with E-state index in [0.29, 0.717) is 28.3 Å². The molecule has 1 N–H and O–H groups in total. The molecule has 0 radical (unpaired) electrons. The molecule has 0 bridgehead atoms. The first-order valence-corrected chi connectivity index (χ1v) is 11.4. The number of amides is 1. The van der Waals surface area contributed by atoms with Crippen molar-refractivity contribution in [3.8, 4) is 17.2 Å². The summed E-state index contributed by atoms with van der Waals surface area (Å²) in [5.74, 6) is 0.304. The number of rotatable bonds is 6. The summed E-state index contributed by atoms with van der Waals surface area (Å²) < 4.78 is 53.6. The predicted molar refractivity (Wildman–Crippen MR) is 135 cm³/mol. The van der Waals surface area contributed by atoms with Crippen molar-refractivity contribution in [1.29, 1.82) is 0 Å². The van der Waals surface area contributed by atoms with Gasteiger partial charge in [0.15, 0.2) is 0 Å². The van der Waals surface area contributed by atoms with E-state index in [1.807, 2.05) is 18.2 Å². The number of nitrogens with one attached hydrogen (secondary N) is 1. The molecule has 1 atom stereocenters. The van der Waals surface area contributed by atoms with Gasteiger partial charge in [0.05, 0.1) is 30.0 Å². The highest BCUT2D eigenvalue weighted by molar-refractivity contribution is 6.06. The van der Waals surface area contributed by atoms with Crippen molar-refractivity contribution < 1.29 is 32.2 Å². The Hall–Kier alpha value is -4.80. The number of alkyl halides is 3. The highest BCUT2D eigenvalue weighted by Crippen LogP contribution is 2.30. The Bertz CT molecular complexity index is 1600. The van der Waals surface area contributed by atoms with Gasteiger partial charge in [-0.3, -0.25) is 14.9 Å². The van der Waals surface area contributed by atoms with Crippen molar-refractivity contribution in [2.24, 2.45) is 0 Å². The number of hydrogen-bond donors (Lipinski definition) is 1. The summed E-state index contributed by atoms with van der Waals surface area (Å²) in [6, 6.07) is 18.1. The van der Waals surface area contributed by atoms with Crippen molar-refractivity contribution in [3.63, 3.8) is 0 Å². The Labute approximate surface area is 214 Å². The molecule has 3 aromatic carbocycles. The van der Waals surface area contributed by atoms with Crippen LogP contribution in [-0.2, 0) is 4.74 Å². The normalized spacial score (nSPS) is 12.3. The molecule has 0 aliphatic carbocycles. The quantitative estimate of drug-likeness (QED) is 0.264. The number of nitrogens with zero attached hydrogens (tertiary/aromatic N) is 3. The molecule has 5 aromatic rings. The van der Waals surface area contributed by atoms with Crippen LogP contribution >= 0.6 is 0 Å². The SMILES string of the molecule is COc1ccc(C(C)OC(=O)Nc2ccc3c(ccc4c3ncn4-c3ccc(OC(F)(F)F)cc3)c2)nc1. The zero-order chi connectivity index (χ0) is 26.9. The summed E-state index contributed by atoms with van der Waals surface area (Å²) in [7, 11) is 1.54. The molecule has 0 saturated heterocycles. The van der Waals surface area contributed by atoms with Gasteiger partial charge in [-0.25, -0.2) is 9.78 Å². The molecule has 0 saturated carbocycles. The fourth-order valence-corrected chi connectivity index (χ4v) is 4.02. The van der Waals surface area contributed by atoms with Gasteiger partial charge in [-0.15, -0.1) is 13.2 Å². The highest BCUT2D eigenvalue weighted by atomic mass is 19.4. The summed E-state index contributed by atoms with van der Waals surface area (Å²) in [5, 5.41) is 4.40. The van der Waals surface area contributed by atoms with Gasteiger partial charge < -0.3 is 14.2 Å². The van der Waals surface area contributed by atoms with Gasteiger partial charge in [0, 0.05) is 16.8 Å². The van der Waals surface area contributed by atoms with Crippen LogP contribution in [0.2, 0.25) is 0 Å². The minimum absolute atomic E-state index is 0.302. The molecule has 2 aromatic heterocycles. The van der Waals surface area contributed by atoms with E-state index >= 15 is 0 Å². The number of pyridine rings is 1. The summed E-state index contributed by atoms with van der Waals surface area (Å²) >= 11 is 0. The Morgan fingerprint density at radius 3 is 2.42 bits per heavy atom. The second kappa shape index (κ2) is 9.92. The van der Waals surface area contributed by atoms with Crippen molar-refractivity contribution in [1.82, 2.24) is 14.5 Å². The number of carbonyl (C=O) groups excluding carboxylic acids is 1. The first-order chi connectivity index (χ1) is 18.2. The van der Waals surface area contributed by atoms with E-state index < -0.39 is 18.6 Å². The number of hydrogen-bond acceptors (Lipinski definition) is 6. The minimum Gasteiger partial charge on any atom is -0.495 e.